The zero-order valence-corrected chi connectivity index (χ0v) is 13.7. The number of hydrogen-bond acceptors (Lipinski definition) is 1. The molecule has 1 atom stereocenters. The van der Waals surface area contributed by atoms with Gasteiger partial charge in [0.2, 0.25) is 0 Å². The minimum Gasteiger partial charge on any atom is -0.494 e. The summed E-state index contributed by atoms with van der Waals surface area (Å²) in [6, 6.07) is 15.1. The van der Waals surface area contributed by atoms with Crippen LogP contribution in [-0.2, 0) is 4.74 Å². The number of aryl methyl sites for hydroxylation is 1. The van der Waals surface area contributed by atoms with Crippen molar-refractivity contribution in [1.82, 2.24) is 0 Å². The van der Waals surface area contributed by atoms with Gasteiger partial charge in [-0.05, 0) is 19.4 Å². The molecule has 0 amide bonds. The Balaban J connectivity index is 2.15. The Morgan fingerprint density at radius 3 is 2.50 bits per heavy atom. The number of quaternary nitrogens is 1. The van der Waals surface area contributed by atoms with Crippen molar-refractivity contribution in [3.05, 3.63) is 71.2 Å². The highest BCUT2D eigenvalue weighted by molar-refractivity contribution is 5.75. The number of pyridine rings is 1. The van der Waals surface area contributed by atoms with E-state index in [9.17, 15) is 0 Å². The minimum atomic E-state index is -0.0281. The van der Waals surface area contributed by atoms with Crippen LogP contribution >= 0.6 is 0 Å². The molecule has 0 fully saturated rings. The Morgan fingerprint density at radius 2 is 1.86 bits per heavy atom. The first-order valence-electron chi connectivity index (χ1n) is 7.71. The van der Waals surface area contributed by atoms with Crippen molar-refractivity contribution in [3.63, 3.8) is 0 Å². The number of nitrogens with one attached hydrogen (secondary N) is 1. The van der Waals surface area contributed by atoms with Gasteiger partial charge in [0, 0.05) is 24.6 Å². The van der Waals surface area contributed by atoms with Gasteiger partial charge in [0.15, 0.2) is 23.7 Å². The molecular formula is C19H24N2O+2. The Bertz CT molecular complexity index is 704. The van der Waals surface area contributed by atoms with E-state index in [2.05, 4.69) is 73.5 Å². The molecule has 3 heteroatoms. The number of nitrogens with two attached hydrogens (primary N) is 1. The highest BCUT2D eigenvalue weighted by atomic mass is 16.5. The molecule has 3 nitrogen and oxygen atoms in total. The third-order valence-electron chi connectivity index (χ3n) is 4.37. The topological polar surface area (TPSA) is 40.0 Å². The third kappa shape index (κ3) is 2.53. The Labute approximate surface area is 132 Å². The molecule has 0 bridgehead atoms. The lowest BCUT2D eigenvalue weighted by Gasteiger charge is -2.20. The van der Waals surface area contributed by atoms with Crippen molar-refractivity contribution in [2.75, 3.05) is 7.11 Å². The average Bonchev–Trinajstić information content (AvgIpc) is 2.79. The summed E-state index contributed by atoms with van der Waals surface area (Å²) in [7, 11) is 1.78. The fraction of sp³-hybridized carbons (Fsp3) is 0.316. The Kier molecular flexibility index (Phi) is 3.75. The maximum atomic E-state index is 5.86. The Hall–Kier alpha value is -2.13. The maximum absolute atomic E-state index is 5.86. The number of benzene rings is 1. The van der Waals surface area contributed by atoms with Crippen molar-refractivity contribution in [3.8, 4) is 0 Å². The summed E-state index contributed by atoms with van der Waals surface area (Å²) in [5.74, 6) is 1.06. The first kappa shape index (κ1) is 14.8. The second-order valence-corrected chi connectivity index (χ2v) is 6.48. The van der Waals surface area contributed by atoms with Gasteiger partial charge < -0.3 is 10.1 Å². The highest BCUT2D eigenvalue weighted by Crippen LogP contribution is 2.38. The van der Waals surface area contributed by atoms with Crippen LogP contribution in [0.5, 0.6) is 0 Å². The molecule has 0 aliphatic carbocycles. The average molecular weight is 296 g/mol. The fourth-order valence-corrected chi connectivity index (χ4v) is 3.44. The summed E-state index contributed by atoms with van der Waals surface area (Å²) in [6.07, 6.45) is 2.00. The number of ether oxygens (including phenoxy) is 1. The zero-order chi connectivity index (χ0) is 15.7. The lowest BCUT2D eigenvalue weighted by atomic mass is 9.90. The van der Waals surface area contributed by atoms with Crippen molar-refractivity contribution < 1.29 is 15.0 Å². The van der Waals surface area contributed by atoms with E-state index in [4.69, 9.17) is 4.74 Å². The SMILES string of the molecule is COC1=C(c2cc[nH+]c(C)c2)C(C)(C)[NH2+]C1c1ccccc1. The van der Waals surface area contributed by atoms with Crippen LogP contribution in [0.3, 0.4) is 0 Å². The van der Waals surface area contributed by atoms with Gasteiger partial charge in [0.05, 0.1) is 12.7 Å². The molecule has 0 radical (unpaired) electrons. The molecule has 2 heterocycles. The second-order valence-electron chi connectivity index (χ2n) is 6.48. The molecule has 1 aliphatic rings. The summed E-state index contributed by atoms with van der Waals surface area (Å²) < 4.78 is 5.86. The lowest BCUT2D eigenvalue weighted by Crippen LogP contribution is -2.93. The standard InChI is InChI=1S/C19H22N2O/c1-13-12-15(10-11-20-13)16-18(22-4)17(21-19(16,2)3)14-8-6-5-7-9-14/h5-12,17,21H,1-4H3/p+2. The molecule has 3 N–H and O–H groups in total. The monoisotopic (exact) mass is 296 g/mol. The van der Waals surface area contributed by atoms with E-state index in [1.54, 1.807) is 7.11 Å². The summed E-state index contributed by atoms with van der Waals surface area (Å²) >= 11 is 0. The highest BCUT2D eigenvalue weighted by Gasteiger charge is 2.45. The molecule has 114 valence electrons. The van der Waals surface area contributed by atoms with Crippen molar-refractivity contribution >= 4 is 5.57 Å². The van der Waals surface area contributed by atoms with E-state index in [0.717, 1.165) is 11.5 Å². The van der Waals surface area contributed by atoms with E-state index >= 15 is 0 Å². The van der Waals surface area contributed by atoms with Gasteiger partial charge in [-0.15, -0.1) is 0 Å². The smallest absolute Gasteiger partial charge is 0.177 e. The number of hydrogen-bond donors (Lipinski definition) is 1. The van der Waals surface area contributed by atoms with E-state index in [-0.39, 0.29) is 11.6 Å². The van der Waals surface area contributed by atoms with Crippen molar-refractivity contribution in [2.45, 2.75) is 32.4 Å². The van der Waals surface area contributed by atoms with Gasteiger partial charge in [0.25, 0.3) is 0 Å². The minimum absolute atomic E-state index is 0.0281. The van der Waals surface area contributed by atoms with E-state index in [1.165, 1.54) is 16.7 Å². The van der Waals surface area contributed by atoms with Crippen LogP contribution in [0.25, 0.3) is 5.57 Å². The van der Waals surface area contributed by atoms with Gasteiger partial charge in [0.1, 0.15) is 5.54 Å². The molecule has 0 saturated carbocycles. The van der Waals surface area contributed by atoms with Crippen LogP contribution in [0.1, 0.15) is 36.7 Å². The van der Waals surface area contributed by atoms with E-state index in [1.807, 2.05) is 6.20 Å². The summed E-state index contributed by atoms with van der Waals surface area (Å²) in [5, 5.41) is 2.39. The fourth-order valence-electron chi connectivity index (χ4n) is 3.44. The first-order chi connectivity index (χ1) is 10.5. The van der Waals surface area contributed by atoms with Crippen LogP contribution in [0.4, 0.5) is 0 Å². The van der Waals surface area contributed by atoms with Gasteiger partial charge in [-0.25, -0.2) is 4.98 Å². The van der Waals surface area contributed by atoms with Crippen LogP contribution in [-0.4, -0.2) is 12.6 Å². The normalized spacial score (nSPS) is 20.3. The molecule has 1 aromatic carbocycles. The van der Waals surface area contributed by atoms with Crippen LogP contribution in [0, 0.1) is 6.92 Å². The van der Waals surface area contributed by atoms with Crippen LogP contribution < -0.4 is 10.3 Å². The van der Waals surface area contributed by atoms with Gasteiger partial charge >= 0.3 is 0 Å². The molecule has 1 aromatic heterocycles. The Morgan fingerprint density at radius 1 is 1.14 bits per heavy atom. The molecule has 0 saturated heterocycles. The number of aromatic nitrogens is 1. The zero-order valence-electron chi connectivity index (χ0n) is 13.7. The largest absolute Gasteiger partial charge is 0.494 e. The van der Waals surface area contributed by atoms with Crippen LogP contribution in [0.15, 0.2) is 54.4 Å². The first-order valence-corrected chi connectivity index (χ1v) is 7.71. The van der Waals surface area contributed by atoms with E-state index < -0.39 is 0 Å². The van der Waals surface area contributed by atoms with Crippen molar-refractivity contribution in [1.29, 1.82) is 0 Å². The molecular weight excluding hydrogens is 272 g/mol. The summed E-state index contributed by atoms with van der Waals surface area (Å²) in [5.41, 5.74) is 4.91. The van der Waals surface area contributed by atoms with Gasteiger partial charge in [-0.2, -0.15) is 0 Å². The summed E-state index contributed by atoms with van der Waals surface area (Å²) in [4.78, 5) is 3.22. The number of methoxy groups -OCH3 is 1. The molecule has 1 aliphatic heterocycles. The summed E-state index contributed by atoms with van der Waals surface area (Å²) in [6.45, 7) is 6.60. The van der Waals surface area contributed by atoms with Gasteiger partial charge in [-0.3, -0.25) is 0 Å². The van der Waals surface area contributed by atoms with Crippen LogP contribution in [0.2, 0.25) is 0 Å². The lowest BCUT2D eigenvalue weighted by molar-refractivity contribution is -0.730. The predicted octanol–water partition coefficient (Wildman–Crippen LogP) is 2.26. The molecule has 1 unspecified atom stereocenters. The molecule has 0 spiro atoms. The maximum Gasteiger partial charge on any atom is 0.177 e. The number of aromatic amines is 1. The molecule has 3 rings (SSSR count). The van der Waals surface area contributed by atoms with Gasteiger partial charge in [-0.1, -0.05) is 30.3 Å². The molecule has 22 heavy (non-hydrogen) atoms. The molecule has 2 aromatic rings. The predicted molar refractivity (Wildman–Crippen MR) is 86.9 cm³/mol. The second kappa shape index (κ2) is 5.58. The number of rotatable bonds is 3. The van der Waals surface area contributed by atoms with Crippen molar-refractivity contribution in [2.24, 2.45) is 0 Å². The van der Waals surface area contributed by atoms with E-state index in [0.29, 0.717) is 0 Å². The third-order valence-corrected chi connectivity index (χ3v) is 4.37. The number of H-pyrrole nitrogens is 1. The quantitative estimate of drug-likeness (QED) is 0.927.